The number of aromatic hydroxyl groups is 1. The number of carbonyl (C=O) groups is 1. The fraction of sp³-hybridized carbons (Fsp3) is 0.562. The van der Waals surface area contributed by atoms with E-state index < -0.39 is 0 Å². The van der Waals surface area contributed by atoms with Crippen molar-refractivity contribution in [2.24, 2.45) is 0 Å². The maximum Gasteiger partial charge on any atom is 0.224 e. The predicted octanol–water partition coefficient (Wildman–Crippen LogP) is 2.17. The van der Waals surface area contributed by atoms with Gasteiger partial charge in [0.2, 0.25) is 5.91 Å². The SMILES string of the molecule is CC(C)N(C)CCCCNC(=O)Cc1cccc(O)c1. The minimum Gasteiger partial charge on any atom is -0.508 e. The van der Waals surface area contributed by atoms with E-state index in [0.717, 1.165) is 24.9 Å². The topological polar surface area (TPSA) is 52.6 Å². The number of rotatable bonds is 8. The fourth-order valence-electron chi connectivity index (χ4n) is 1.89. The van der Waals surface area contributed by atoms with E-state index in [0.29, 0.717) is 19.0 Å². The zero-order valence-electron chi connectivity index (χ0n) is 12.7. The number of nitrogens with one attached hydrogen (secondary N) is 1. The molecule has 0 fully saturated rings. The Morgan fingerprint density at radius 3 is 2.75 bits per heavy atom. The first-order valence-corrected chi connectivity index (χ1v) is 7.24. The first kappa shape index (κ1) is 16.5. The van der Waals surface area contributed by atoms with Crippen LogP contribution in [0.15, 0.2) is 24.3 Å². The Hall–Kier alpha value is -1.55. The Labute approximate surface area is 121 Å². The number of unbranched alkanes of at least 4 members (excludes halogenated alkanes) is 1. The van der Waals surface area contributed by atoms with Crippen LogP contribution >= 0.6 is 0 Å². The molecule has 0 atom stereocenters. The van der Waals surface area contributed by atoms with E-state index in [9.17, 15) is 9.90 Å². The Morgan fingerprint density at radius 2 is 2.10 bits per heavy atom. The van der Waals surface area contributed by atoms with Crippen LogP contribution in [-0.4, -0.2) is 42.1 Å². The van der Waals surface area contributed by atoms with Crippen molar-refractivity contribution in [3.8, 4) is 5.75 Å². The predicted molar refractivity (Wildman–Crippen MR) is 81.8 cm³/mol. The van der Waals surface area contributed by atoms with E-state index in [2.05, 4.69) is 31.1 Å². The van der Waals surface area contributed by atoms with E-state index in [1.807, 2.05) is 6.07 Å². The molecule has 4 nitrogen and oxygen atoms in total. The van der Waals surface area contributed by atoms with Gasteiger partial charge in [0.05, 0.1) is 6.42 Å². The molecule has 0 radical (unpaired) electrons. The third kappa shape index (κ3) is 6.57. The van der Waals surface area contributed by atoms with Crippen LogP contribution in [0.2, 0.25) is 0 Å². The Bertz CT molecular complexity index is 419. The van der Waals surface area contributed by atoms with Gasteiger partial charge in [0.25, 0.3) is 0 Å². The van der Waals surface area contributed by atoms with Gasteiger partial charge in [-0.1, -0.05) is 12.1 Å². The molecule has 0 unspecified atom stereocenters. The Balaban J connectivity index is 2.15. The molecule has 20 heavy (non-hydrogen) atoms. The smallest absolute Gasteiger partial charge is 0.224 e. The van der Waals surface area contributed by atoms with Crippen LogP contribution in [0.5, 0.6) is 5.75 Å². The summed E-state index contributed by atoms with van der Waals surface area (Å²) in [5.41, 5.74) is 0.835. The minimum absolute atomic E-state index is 0.00724. The number of phenolic OH excluding ortho intramolecular Hbond substituents is 1. The molecule has 4 heteroatoms. The highest BCUT2D eigenvalue weighted by molar-refractivity contribution is 5.78. The second-order valence-corrected chi connectivity index (χ2v) is 5.48. The molecule has 0 saturated heterocycles. The lowest BCUT2D eigenvalue weighted by atomic mass is 10.1. The summed E-state index contributed by atoms with van der Waals surface area (Å²) in [4.78, 5) is 14.0. The van der Waals surface area contributed by atoms with E-state index in [-0.39, 0.29) is 11.7 Å². The highest BCUT2D eigenvalue weighted by Crippen LogP contribution is 2.11. The third-order valence-corrected chi connectivity index (χ3v) is 3.42. The van der Waals surface area contributed by atoms with Crippen LogP contribution < -0.4 is 5.32 Å². The summed E-state index contributed by atoms with van der Waals surface area (Å²) in [5.74, 6) is 0.208. The molecule has 0 heterocycles. The summed E-state index contributed by atoms with van der Waals surface area (Å²) in [7, 11) is 2.12. The molecule has 112 valence electrons. The third-order valence-electron chi connectivity index (χ3n) is 3.42. The second-order valence-electron chi connectivity index (χ2n) is 5.48. The normalized spacial score (nSPS) is 11.1. The van der Waals surface area contributed by atoms with Gasteiger partial charge < -0.3 is 15.3 Å². The summed E-state index contributed by atoms with van der Waals surface area (Å²) in [6, 6.07) is 7.38. The lowest BCUT2D eigenvalue weighted by molar-refractivity contribution is -0.120. The first-order valence-electron chi connectivity index (χ1n) is 7.24. The number of phenols is 1. The van der Waals surface area contributed by atoms with Crippen LogP contribution in [0.25, 0.3) is 0 Å². The molecule has 1 rings (SSSR count). The van der Waals surface area contributed by atoms with Crippen molar-refractivity contribution in [3.63, 3.8) is 0 Å². The van der Waals surface area contributed by atoms with E-state index in [1.165, 1.54) is 0 Å². The van der Waals surface area contributed by atoms with Gasteiger partial charge in [-0.3, -0.25) is 4.79 Å². The van der Waals surface area contributed by atoms with Gasteiger partial charge in [0, 0.05) is 12.6 Å². The first-order chi connectivity index (χ1) is 9.49. The van der Waals surface area contributed by atoms with E-state index in [1.54, 1.807) is 18.2 Å². The van der Waals surface area contributed by atoms with Crippen molar-refractivity contribution in [1.82, 2.24) is 10.2 Å². The zero-order chi connectivity index (χ0) is 15.0. The molecular formula is C16H26N2O2. The highest BCUT2D eigenvalue weighted by atomic mass is 16.3. The maximum atomic E-state index is 11.7. The van der Waals surface area contributed by atoms with Crippen LogP contribution in [0.3, 0.4) is 0 Å². The highest BCUT2D eigenvalue weighted by Gasteiger charge is 2.04. The summed E-state index contributed by atoms with van der Waals surface area (Å²) in [6.07, 6.45) is 2.39. The Kier molecular flexibility index (Phi) is 7.09. The zero-order valence-corrected chi connectivity index (χ0v) is 12.7. The van der Waals surface area contributed by atoms with Crippen molar-refractivity contribution < 1.29 is 9.90 Å². The molecule has 0 aromatic heterocycles. The molecule has 1 aromatic carbocycles. The molecular weight excluding hydrogens is 252 g/mol. The summed E-state index contributed by atoms with van der Waals surface area (Å²) in [5, 5.41) is 12.2. The van der Waals surface area contributed by atoms with Gasteiger partial charge in [-0.05, 0) is 58.0 Å². The van der Waals surface area contributed by atoms with Gasteiger partial charge in [0.15, 0.2) is 0 Å². The van der Waals surface area contributed by atoms with Crippen molar-refractivity contribution in [2.75, 3.05) is 20.1 Å². The molecule has 0 bridgehead atoms. The second kappa shape index (κ2) is 8.59. The molecule has 1 amide bonds. The van der Waals surface area contributed by atoms with E-state index in [4.69, 9.17) is 0 Å². The molecule has 2 N–H and O–H groups in total. The van der Waals surface area contributed by atoms with Gasteiger partial charge in [-0.15, -0.1) is 0 Å². The molecule has 0 aliphatic rings. The molecule has 0 spiro atoms. The molecule has 0 saturated carbocycles. The molecule has 0 aliphatic heterocycles. The van der Waals surface area contributed by atoms with Gasteiger partial charge in [-0.25, -0.2) is 0 Å². The quantitative estimate of drug-likeness (QED) is 0.717. The van der Waals surface area contributed by atoms with Gasteiger partial charge in [-0.2, -0.15) is 0 Å². The summed E-state index contributed by atoms with van der Waals surface area (Å²) in [6.45, 7) is 6.12. The van der Waals surface area contributed by atoms with Crippen molar-refractivity contribution in [3.05, 3.63) is 29.8 Å². The van der Waals surface area contributed by atoms with Crippen LogP contribution in [0.1, 0.15) is 32.3 Å². The van der Waals surface area contributed by atoms with Crippen molar-refractivity contribution in [1.29, 1.82) is 0 Å². The lowest BCUT2D eigenvalue weighted by Gasteiger charge is -2.20. The number of amides is 1. The minimum atomic E-state index is 0.00724. The van der Waals surface area contributed by atoms with Gasteiger partial charge in [0.1, 0.15) is 5.75 Å². The monoisotopic (exact) mass is 278 g/mol. The van der Waals surface area contributed by atoms with E-state index >= 15 is 0 Å². The van der Waals surface area contributed by atoms with Crippen LogP contribution in [-0.2, 0) is 11.2 Å². The van der Waals surface area contributed by atoms with Crippen molar-refractivity contribution >= 4 is 5.91 Å². The number of carbonyl (C=O) groups excluding carboxylic acids is 1. The standard InChI is InChI=1S/C16H26N2O2/c1-13(2)18(3)10-5-4-9-17-16(20)12-14-7-6-8-15(19)11-14/h6-8,11,13,19H,4-5,9-10,12H2,1-3H3,(H,17,20). The molecule has 0 aliphatic carbocycles. The van der Waals surface area contributed by atoms with Gasteiger partial charge >= 0.3 is 0 Å². The number of hydrogen-bond donors (Lipinski definition) is 2. The average molecular weight is 278 g/mol. The number of benzene rings is 1. The maximum absolute atomic E-state index is 11.7. The lowest BCUT2D eigenvalue weighted by Crippen LogP contribution is -2.29. The Morgan fingerprint density at radius 1 is 1.35 bits per heavy atom. The average Bonchev–Trinajstić information content (AvgIpc) is 2.37. The van der Waals surface area contributed by atoms with Crippen LogP contribution in [0, 0.1) is 0 Å². The fourth-order valence-corrected chi connectivity index (χ4v) is 1.89. The summed E-state index contributed by atoms with van der Waals surface area (Å²) < 4.78 is 0. The van der Waals surface area contributed by atoms with Crippen molar-refractivity contribution in [2.45, 2.75) is 39.2 Å². The summed E-state index contributed by atoms with van der Waals surface area (Å²) >= 11 is 0. The molecule has 1 aromatic rings. The largest absolute Gasteiger partial charge is 0.508 e. The number of nitrogens with zero attached hydrogens (tertiary/aromatic N) is 1. The number of hydrogen-bond acceptors (Lipinski definition) is 3. The van der Waals surface area contributed by atoms with Crippen LogP contribution in [0.4, 0.5) is 0 Å².